The Morgan fingerprint density at radius 1 is 1.10 bits per heavy atom. The van der Waals surface area contributed by atoms with Gasteiger partial charge in [-0.2, -0.15) is 27.1 Å². The Kier molecular flexibility index (Phi) is 9.27. The molecule has 0 fully saturated rings. The molecule has 0 unspecified atom stereocenters. The van der Waals surface area contributed by atoms with Crippen LogP contribution in [0.4, 0.5) is 32.0 Å². The van der Waals surface area contributed by atoms with Gasteiger partial charge in [-0.25, -0.2) is 19.5 Å². The molecular weight excluding hydrogens is 534 g/mol. The van der Waals surface area contributed by atoms with E-state index in [0.717, 1.165) is 43.9 Å². The number of hydrogen-bond acceptors (Lipinski definition) is 7. The maximum absolute atomic E-state index is 14.6. The molecular formula is C24H22F6N6O3. The van der Waals surface area contributed by atoms with Gasteiger partial charge in [-0.15, -0.1) is 0 Å². The smallest absolute Gasteiger partial charge is 0.423 e. The lowest BCUT2D eigenvalue weighted by Crippen LogP contribution is -2.24. The average molecular weight is 556 g/mol. The van der Waals surface area contributed by atoms with Gasteiger partial charge in [0.2, 0.25) is 0 Å². The van der Waals surface area contributed by atoms with E-state index < -0.39 is 35.4 Å². The van der Waals surface area contributed by atoms with Gasteiger partial charge in [0.25, 0.3) is 11.1 Å². The molecule has 0 aliphatic rings. The molecule has 0 saturated heterocycles. The standard InChI is InChI=1S/C19H18F3N3O2.C5H4F3N3O/c1-2-3-4-6-25-7-5-12-8-15(16(20)9-14(12)18(25)26)17-23-10-13(11-24-17)27-19(21)22;6-5(7,8)3-2(9)1-10-11-4(3)12/h5,7-11,19H,2-4,6H2,1H3;1H,(H3,9,11,12). The topological polar surface area (TPSA) is 129 Å². The molecule has 3 aromatic heterocycles. The lowest BCUT2D eigenvalue weighted by atomic mass is 10.1. The predicted octanol–water partition coefficient (Wildman–Crippen LogP) is 4.76. The molecule has 0 amide bonds. The van der Waals surface area contributed by atoms with Crippen molar-refractivity contribution in [1.82, 2.24) is 24.7 Å². The second-order valence-electron chi connectivity index (χ2n) is 8.09. The van der Waals surface area contributed by atoms with Crippen LogP contribution < -0.4 is 21.6 Å². The quantitative estimate of drug-likeness (QED) is 0.248. The summed E-state index contributed by atoms with van der Waals surface area (Å²) < 4.78 is 80.6. The van der Waals surface area contributed by atoms with Gasteiger partial charge in [-0.3, -0.25) is 9.59 Å². The molecule has 0 spiro atoms. The molecule has 0 aliphatic heterocycles. The van der Waals surface area contributed by atoms with Gasteiger partial charge < -0.3 is 15.0 Å². The third-order valence-corrected chi connectivity index (χ3v) is 5.33. The van der Waals surface area contributed by atoms with Crippen LogP contribution in [0.25, 0.3) is 22.2 Å². The number of unbranched alkanes of at least 4 members (excludes halogenated alkanes) is 2. The highest BCUT2D eigenvalue weighted by Crippen LogP contribution is 2.29. The summed E-state index contributed by atoms with van der Waals surface area (Å²) in [6.45, 7) is -0.328. The molecule has 4 rings (SSSR count). The van der Waals surface area contributed by atoms with E-state index in [0.29, 0.717) is 11.9 Å². The highest BCUT2D eigenvalue weighted by Gasteiger charge is 2.36. The van der Waals surface area contributed by atoms with Crippen molar-refractivity contribution in [2.75, 3.05) is 5.73 Å². The molecule has 208 valence electrons. The van der Waals surface area contributed by atoms with E-state index in [2.05, 4.69) is 26.7 Å². The predicted molar refractivity (Wildman–Crippen MR) is 130 cm³/mol. The minimum Gasteiger partial charge on any atom is -0.432 e. The number of fused-ring (bicyclic) bond motifs is 1. The Morgan fingerprint density at radius 3 is 2.36 bits per heavy atom. The molecule has 39 heavy (non-hydrogen) atoms. The molecule has 0 bridgehead atoms. The Hall–Kier alpha value is -4.43. The number of nitrogen functional groups attached to an aromatic ring is 1. The number of alkyl halides is 5. The lowest BCUT2D eigenvalue weighted by molar-refractivity contribution is -0.138. The second kappa shape index (κ2) is 12.4. The molecule has 3 N–H and O–H groups in total. The molecule has 1 aromatic carbocycles. The van der Waals surface area contributed by atoms with Crippen molar-refractivity contribution in [1.29, 1.82) is 0 Å². The monoisotopic (exact) mass is 556 g/mol. The largest absolute Gasteiger partial charge is 0.432 e. The summed E-state index contributed by atoms with van der Waals surface area (Å²) in [5.41, 5.74) is 1.32. The first-order chi connectivity index (χ1) is 18.4. The van der Waals surface area contributed by atoms with E-state index in [4.69, 9.17) is 5.73 Å². The van der Waals surface area contributed by atoms with Crippen molar-refractivity contribution in [3.05, 3.63) is 75.1 Å². The molecule has 3 heterocycles. The SMILES string of the molecule is CCCCCn1ccc2cc(-c3ncc(OC(F)F)cn3)c(F)cc2c1=O.Nc1cn[nH]c(=O)c1C(F)(F)F. The number of benzene rings is 1. The van der Waals surface area contributed by atoms with Crippen molar-refractivity contribution in [2.24, 2.45) is 0 Å². The van der Waals surface area contributed by atoms with Crippen LogP contribution in [-0.4, -0.2) is 31.3 Å². The minimum absolute atomic E-state index is 0.0168. The summed E-state index contributed by atoms with van der Waals surface area (Å²) in [7, 11) is 0. The highest BCUT2D eigenvalue weighted by atomic mass is 19.4. The third-order valence-electron chi connectivity index (χ3n) is 5.33. The van der Waals surface area contributed by atoms with Crippen molar-refractivity contribution in [2.45, 2.75) is 45.5 Å². The van der Waals surface area contributed by atoms with Gasteiger partial charge in [0.15, 0.2) is 11.6 Å². The summed E-state index contributed by atoms with van der Waals surface area (Å²) >= 11 is 0. The maximum Gasteiger partial charge on any atom is 0.423 e. The van der Waals surface area contributed by atoms with Crippen LogP contribution >= 0.6 is 0 Å². The van der Waals surface area contributed by atoms with Crippen LogP contribution in [0.1, 0.15) is 31.7 Å². The van der Waals surface area contributed by atoms with Gasteiger partial charge in [0.1, 0.15) is 11.4 Å². The number of nitrogens with two attached hydrogens (primary N) is 1. The molecule has 0 saturated carbocycles. The molecule has 4 aromatic rings. The number of pyridine rings is 1. The van der Waals surface area contributed by atoms with Crippen molar-refractivity contribution in [3.8, 4) is 17.1 Å². The minimum atomic E-state index is -4.74. The van der Waals surface area contributed by atoms with Crippen molar-refractivity contribution >= 4 is 16.5 Å². The second-order valence-corrected chi connectivity index (χ2v) is 8.09. The number of rotatable bonds is 7. The summed E-state index contributed by atoms with van der Waals surface area (Å²) in [6.07, 6.45) is 2.71. The fourth-order valence-electron chi connectivity index (χ4n) is 3.51. The fourth-order valence-corrected chi connectivity index (χ4v) is 3.51. The third kappa shape index (κ3) is 7.33. The number of ether oxygens (including phenoxy) is 1. The Balaban J connectivity index is 0.000000293. The Morgan fingerprint density at radius 2 is 1.79 bits per heavy atom. The van der Waals surface area contributed by atoms with Gasteiger partial charge in [-0.05, 0) is 30.0 Å². The maximum atomic E-state index is 14.6. The summed E-state index contributed by atoms with van der Waals surface area (Å²) in [5.74, 6) is -0.860. The lowest BCUT2D eigenvalue weighted by Gasteiger charge is -2.09. The number of H-pyrrole nitrogens is 1. The van der Waals surface area contributed by atoms with Crippen LogP contribution in [0, 0.1) is 5.82 Å². The molecule has 15 heteroatoms. The number of anilines is 1. The first-order valence-electron chi connectivity index (χ1n) is 11.4. The van der Waals surface area contributed by atoms with Gasteiger partial charge in [-0.1, -0.05) is 19.8 Å². The molecule has 9 nitrogen and oxygen atoms in total. The summed E-state index contributed by atoms with van der Waals surface area (Å²) in [6, 6.07) is 4.38. The van der Waals surface area contributed by atoms with Crippen LogP contribution in [-0.2, 0) is 12.7 Å². The van der Waals surface area contributed by atoms with E-state index in [1.807, 2.05) is 0 Å². The number of hydrogen-bond donors (Lipinski definition) is 2. The van der Waals surface area contributed by atoms with Gasteiger partial charge >= 0.3 is 12.8 Å². The number of aromatic amines is 1. The van der Waals surface area contributed by atoms with Gasteiger partial charge in [0, 0.05) is 12.7 Å². The van der Waals surface area contributed by atoms with Crippen molar-refractivity contribution in [3.63, 3.8) is 0 Å². The normalized spacial score (nSPS) is 11.4. The number of nitrogens with zero attached hydrogens (tertiary/aromatic N) is 4. The number of aromatic nitrogens is 5. The number of aryl methyl sites for hydroxylation is 1. The zero-order valence-electron chi connectivity index (χ0n) is 20.3. The number of halogens is 6. The summed E-state index contributed by atoms with van der Waals surface area (Å²) in [5, 5.41) is 5.56. The zero-order chi connectivity index (χ0) is 28.7. The Labute approximate surface area is 216 Å². The molecule has 0 aliphatic carbocycles. The first-order valence-corrected chi connectivity index (χ1v) is 11.4. The molecule has 0 radical (unpaired) electrons. The van der Waals surface area contributed by atoms with E-state index in [1.54, 1.807) is 21.9 Å². The van der Waals surface area contributed by atoms with Crippen LogP contribution in [0.3, 0.4) is 0 Å². The van der Waals surface area contributed by atoms with E-state index >= 15 is 0 Å². The van der Waals surface area contributed by atoms with E-state index in [1.165, 1.54) is 6.07 Å². The molecule has 0 atom stereocenters. The van der Waals surface area contributed by atoms with Crippen LogP contribution in [0.5, 0.6) is 5.75 Å². The fraction of sp³-hybridized carbons (Fsp3) is 0.292. The first kappa shape index (κ1) is 29.1. The van der Waals surface area contributed by atoms with Crippen LogP contribution in [0.15, 0.2) is 52.6 Å². The zero-order valence-corrected chi connectivity index (χ0v) is 20.3. The van der Waals surface area contributed by atoms with Gasteiger partial charge in [0.05, 0.1) is 35.2 Å². The summed E-state index contributed by atoms with van der Waals surface area (Å²) in [4.78, 5) is 30.8. The van der Waals surface area contributed by atoms with Crippen molar-refractivity contribution < 1.29 is 31.1 Å². The van der Waals surface area contributed by atoms with E-state index in [-0.39, 0.29) is 28.1 Å². The highest BCUT2D eigenvalue weighted by molar-refractivity contribution is 5.86. The van der Waals surface area contributed by atoms with Crippen LogP contribution in [0.2, 0.25) is 0 Å². The average Bonchev–Trinajstić information content (AvgIpc) is 2.85. The Bertz CT molecular complexity index is 1540. The van der Waals surface area contributed by atoms with E-state index in [9.17, 15) is 35.9 Å². The number of nitrogens with one attached hydrogen (secondary N) is 1.